The molecule has 0 saturated carbocycles. The average Bonchev–Trinajstić information content (AvgIpc) is 2.40. The molecule has 0 aliphatic heterocycles. The zero-order valence-corrected chi connectivity index (χ0v) is 13.5. The zero-order valence-electron chi connectivity index (χ0n) is 11.1. The number of hydrogen-bond donors (Lipinski definition) is 1. The predicted octanol–water partition coefficient (Wildman–Crippen LogP) is 4.12. The molecule has 2 aromatic rings. The summed E-state index contributed by atoms with van der Waals surface area (Å²) in [5.41, 5.74) is 7.72. The van der Waals surface area contributed by atoms with Gasteiger partial charge in [0, 0.05) is 22.1 Å². The maximum absolute atomic E-state index is 11.1. The molecule has 2 rings (SSSR count). The van der Waals surface area contributed by atoms with Crippen LogP contribution in [0.2, 0.25) is 5.02 Å². The lowest BCUT2D eigenvalue weighted by atomic mass is 9.98. The smallest absolute Gasteiger partial charge is 0.274 e. The summed E-state index contributed by atoms with van der Waals surface area (Å²) in [6.45, 7) is 0. The van der Waals surface area contributed by atoms with Crippen molar-refractivity contribution in [3.05, 3.63) is 73.2 Å². The van der Waals surface area contributed by atoms with Gasteiger partial charge in [-0.05, 0) is 36.6 Å². The molecule has 0 spiro atoms. The lowest BCUT2D eigenvalue weighted by molar-refractivity contribution is -0.385. The minimum atomic E-state index is -0.424. The number of hydrogen-bond acceptors (Lipinski definition) is 3. The van der Waals surface area contributed by atoms with Crippen LogP contribution in [0.15, 0.2) is 46.9 Å². The molecule has 0 aromatic heterocycles. The number of nitrogens with two attached hydrogens (primary N) is 1. The Hall–Kier alpha value is -1.43. The van der Waals surface area contributed by atoms with Gasteiger partial charge < -0.3 is 5.73 Å². The van der Waals surface area contributed by atoms with Crippen LogP contribution in [-0.2, 0) is 12.8 Å². The number of halogens is 2. The molecule has 1 atom stereocenters. The Balaban J connectivity index is 2.16. The van der Waals surface area contributed by atoms with E-state index in [1.807, 2.05) is 24.3 Å². The molecule has 0 amide bonds. The van der Waals surface area contributed by atoms with Crippen molar-refractivity contribution in [2.75, 3.05) is 0 Å². The molecule has 110 valence electrons. The van der Waals surface area contributed by atoms with E-state index >= 15 is 0 Å². The highest BCUT2D eigenvalue weighted by Crippen LogP contribution is 2.27. The molecule has 0 bridgehead atoms. The Bertz CT molecular complexity index is 664. The number of rotatable bonds is 5. The third kappa shape index (κ3) is 4.27. The highest BCUT2D eigenvalue weighted by molar-refractivity contribution is 9.10. The summed E-state index contributed by atoms with van der Waals surface area (Å²) < 4.78 is 0.982. The van der Waals surface area contributed by atoms with Crippen LogP contribution in [-0.4, -0.2) is 11.0 Å². The van der Waals surface area contributed by atoms with Crippen molar-refractivity contribution in [3.63, 3.8) is 0 Å². The van der Waals surface area contributed by atoms with Crippen molar-refractivity contribution in [2.45, 2.75) is 18.9 Å². The molecular formula is C15H14BrClN2O2. The Labute approximate surface area is 136 Å². The van der Waals surface area contributed by atoms with Gasteiger partial charge >= 0.3 is 0 Å². The zero-order chi connectivity index (χ0) is 15.4. The summed E-state index contributed by atoms with van der Waals surface area (Å²) in [5.74, 6) is 0. The molecule has 0 fully saturated rings. The molecule has 0 aliphatic rings. The Morgan fingerprint density at radius 2 is 1.95 bits per heavy atom. The quantitative estimate of drug-likeness (QED) is 0.636. The third-order valence-corrected chi connectivity index (χ3v) is 3.99. The van der Waals surface area contributed by atoms with Gasteiger partial charge in [-0.2, -0.15) is 0 Å². The van der Waals surface area contributed by atoms with E-state index in [-0.39, 0.29) is 11.7 Å². The fraction of sp³-hybridized carbons (Fsp3) is 0.200. The van der Waals surface area contributed by atoms with Gasteiger partial charge in [-0.1, -0.05) is 45.7 Å². The van der Waals surface area contributed by atoms with Crippen molar-refractivity contribution in [2.24, 2.45) is 5.73 Å². The van der Waals surface area contributed by atoms with E-state index < -0.39 is 4.92 Å². The molecule has 2 aromatic carbocycles. The van der Waals surface area contributed by atoms with Crippen molar-refractivity contribution in [3.8, 4) is 0 Å². The first-order valence-electron chi connectivity index (χ1n) is 6.39. The van der Waals surface area contributed by atoms with Crippen LogP contribution < -0.4 is 5.73 Å². The van der Waals surface area contributed by atoms with Gasteiger partial charge in [0.15, 0.2) is 0 Å². The fourth-order valence-corrected chi connectivity index (χ4v) is 2.91. The first-order valence-corrected chi connectivity index (χ1v) is 7.56. The summed E-state index contributed by atoms with van der Waals surface area (Å²) in [6, 6.07) is 12.3. The maximum Gasteiger partial charge on any atom is 0.274 e. The van der Waals surface area contributed by atoms with E-state index in [1.54, 1.807) is 12.1 Å². The number of nitro groups is 1. The predicted molar refractivity (Wildman–Crippen MR) is 87.6 cm³/mol. The summed E-state index contributed by atoms with van der Waals surface area (Å²) >= 11 is 9.49. The molecule has 4 nitrogen and oxygen atoms in total. The lowest BCUT2D eigenvalue weighted by Gasteiger charge is -2.13. The molecule has 21 heavy (non-hydrogen) atoms. The van der Waals surface area contributed by atoms with Gasteiger partial charge in [0.1, 0.15) is 0 Å². The van der Waals surface area contributed by atoms with Crippen LogP contribution in [0.4, 0.5) is 5.69 Å². The largest absolute Gasteiger partial charge is 0.327 e. The van der Waals surface area contributed by atoms with E-state index in [1.165, 1.54) is 6.07 Å². The van der Waals surface area contributed by atoms with E-state index in [0.717, 1.165) is 10.0 Å². The number of nitro benzene ring substituents is 1. The van der Waals surface area contributed by atoms with Gasteiger partial charge in [0.25, 0.3) is 5.69 Å². The van der Waals surface area contributed by atoms with Crippen molar-refractivity contribution in [1.29, 1.82) is 0 Å². The van der Waals surface area contributed by atoms with Crippen LogP contribution in [0.5, 0.6) is 0 Å². The van der Waals surface area contributed by atoms with E-state index in [0.29, 0.717) is 23.4 Å². The minimum absolute atomic E-state index is 0.0205. The van der Waals surface area contributed by atoms with Crippen LogP contribution >= 0.6 is 27.5 Å². The van der Waals surface area contributed by atoms with Crippen LogP contribution in [0, 0.1) is 10.1 Å². The average molecular weight is 370 g/mol. The summed E-state index contributed by atoms with van der Waals surface area (Å²) in [5, 5.41) is 11.4. The fourth-order valence-electron chi connectivity index (χ4n) is 2.22. The van der Waals surface area contributed by atoms with Gasteiger partial charge in [-0.3, -0.25) is 10.1 Å². The summed E-state index contributed by atoms with van der Waals surface area (Å²) in [7, 11) is 0. The second kappa shape index (κ2) is 7.02. The molecule has 0 aliphatic carbocycles. The second-order valence-corrected chi connectivity index (χ2v) is 6.12. The summed E-state index contributed by atoms with van der Waals surface area (Å²) in [6.07, 6.45) is 0.990. The highest BCUT2D eigenvalue weighted by atomic mass is 79.9. The van der Waals surface area contributed by atoms with Gasteiger partial charge in [0.05, 0.1) is 9.95 Å². The van der Waals surface area contributed by atoms with E-state index in [9.17, 15) is 10.1 Å². The van der Waals surface area contributed by atoms with Crippen LogP contribution in [0.3, 0.4) is 0 Å². The molecule has 6 heteroatoms. The van der Waals surface area contributed by atoms with Crippen molar-refractivity contribution in [1.82, 2.24) is 0 Å². The van der Waals surface area contributed by atoms with Crippen molar-refractivity contribution >= 4 is 33.2 Å². The Morgan fingerprint density at radius 1 is 1.24 bits per heavy atom. The second-order valence-electron chi connectivity index (χ2n) is 4.79. The molecule has 0 radical (unpaired) electrons. The number of nitrogens with zero attached hydrogens (tertiary/aromatic N) is 1. The van der Waals surface area contributed by atoms with Crippen molar-refractivity contribution < 1.29 is 4.92 Å². The standard InChI is InChI=1S/C15H14BrClN2O2/c16-11-4-1-3-10(7-11)8-12(18)9-13-14(17)5-2-6-15(13)19(20)21/h1-7,12H,8-9,18H2. The number of benzene rings is 2. The van der Waals surface area contributed by atoms with Gasteiger partial charge in [-0.25, -0.2) is 0 Å². The maximum atomic E-state index is 11.1. The van der Waals surface area contributed by atoms with Gasteiger partial charge in [0.2, 0.25) is 0 Å². The Morgan fingerprint density at radius 3 is 2.62 bits per heavy atom. The van der Waals surface area contributed by atoms with Crippen LogP contribution in [0.1, 0.15) is 11.1 Å². The third-order valence-electron chi connectivity index (χ3n) is 3.14. The normalized spacial score (nSPS) is 12.1. The first-order chi connectivity index (χ1) is 9.97. The van der Waals surface area contributed by atoms with Gasteiger partial charge in [-0.15, -0.1) is 0 Å². The highest BCUT2D eigenvalue weighted by Gasteiger charge is 2.19. The van der Waals surface area contributed by atoms with E-state index in [4.69, 9.17) is 17.3 Å². The SMILES string of the molecule is NC(Cc1cccc(Br)c1)Cc1c(Cl)cccc1[N+](=O)[O-]. The molecule has 1 unspecified atom stereocenters. The topological polar surface area (TPSA) is 69.2 Å². The van der Waals surface area contributed by atoms with E-state index in [2.05, 4.69) is 15.9 Å². The Kier molecular flexibility index (Phi) is 5.33. The summed E-state index contributed by atoms with van der Waals surface area (Å²) in [4.78, 5) is 10.6. The molecule has 0 saturated heterocycles. The molecular weight excluding hydrogens is 356 g/mol. The molecule has 0 heterocycles. The molecule has 2 N–H and O–H groups in total. The lowest BCUT2D eigenvalue weighted by Crippen LogP contribution is -2.26. The van der Waals surface area contributed by atoms with Crippen LogP contribution in [0.25, 0.3) is 0 Å². The minimum Gasteiger partial charge on any atom is -0.327 e. The first kappa shape index (κ1) is 15.9. The monoisotopic (exact) mass is 368 g/mol.